The number of nitrogens with zero attached hydrogens (tertiary/aromatic N) is 2. The van der Waals surface area contributed by atoms with Gasteiger partial charge in [-0.25, -0.2) is 0 Å². The largest absolute Gasteiger partial charge is 0.399 e. The fourth-order valence-electron chi connectivity index (χ4n) is 2.30. The van der Waals surface area contributed by atoms with Crippen molar-refractivity contribution in [2.75, 3.05) is 5.73 Å². The standard InChI is InChI=1S/C14H21N5/c15-12-8-6-11(7-9-12)14(17)19-18-13(16)10-4-2-1-3-5-10/h6-10H,1-5,15H2,(H2,16,18)(H2,17,19). The lowest BCUT2D eigenvalue weighted by atomic mass is 9.89. The molecule has 0 amide bonds. The van der Waals surface area contributed by atoms with E-state index in [0.29, 0.717) is 23.3 Å². The van der Waals surface area contributed by atoms with Crippen LogP contribution in [0.25, 0.3) is 0 Å². The van der Waals surface area contributed by atoms with Crippen molar-refractivity contribution >= 4 is 17.4 Å². The second kappa shape index (κ2) is 6.22. The minimum atomic E-state index is 0.358. The van der Waals surface area contributed by atoms with Crippen LogP contribution in [0.1, 0.15) is 37.7 Å². The Bertz CT molecular complexity index is 469. The minimum absolute atomic E-state index is 0.358. The molecule has 1 aliphatic rings. The van der Waals surface area contributed by atoms with Gasteiger partial charge in [-0.1, -0.05) is 19.3 Å². The fraction of sp³-hybridized carbons (Fsp3) is 0.429. The van der Waals surface area contributed by atoms with Gasteiger partial charge < -0.3 is 17.2 Å². The molecule has 5 heteroatoms. The first-order valence-corrected chi connectivity index (χ1v) is 6.69. The van der Waals surface area contributed by atoms with Crippen LogP contribution in [0.15, 0.2) is 34.5 Å². The van der Waals surface area contributed by atoms with Crippen LogP contribution in [-0.4, -0.2) is 11.7 Å². The van der Waals surface area contributed by atoms with Gasteiger partial charge >= 0.3 is 0 Å². The van der Waals surface area contributed by atoms with Crippen molar-refractivity contribution in [3.8, 4) is 0 Å². The number of rotatable bonds is 3. The lowest BCUT2D eigenvalue weighted by Crippen LogP contribution is -2.25. The highest BCUT2D eigenvalue weighted by Crippen LogP contribution is 2.23. The van der Waals surface area contributed by atoms with E-state index in [1.807, 2.05) is 12.1 Å². The number of anilines is 1. The molecule has 1 aromatic carbocycles. The Morgan fingerprint density at radius 2 is 1.58 bits per heavy atom. The molecule has 1 fully saturated rings. The number of amidine groups is 2. The summed E-state index contributed by atoms with van der Waals surface area (Å²) >= 11 is 0. The highest BCUT2D eigenvalue weighted by molar-refractivity contribution is 5.98. The van der Waals surface area contributed by atoms with Gasteiger partial charge in [0.2, 0.25) is 0 Å². The summed E-state index contributed by atoms with van der Waals surface area (Å²) < 4.78 is 0. The SMILES string of the molecule is N/C(=N\N=C(/N)C1CCCCC1)c1ccc(N)cc1. The molecule has 0 saturated heterocycles. The minimum Gasteiger partial charge on any atom is -0.399 e. The van der Waals surface area contributed by atoms with E-state index in [2.05, 4.69) is 10.2 Å². The summed E-state index contributed by atoms with van der Waals surface area (Å²) in [5, 5.41) is 8.09. The van der Waals surface area contributed by atoms with Crippen molar-refractivity contribution < 1.29 is 0 Å². The predicted octanol–water partition coefficient (Wildman–Crippen LogP) is 1.83. The molecule has 0 aromatic heterocycles. The molecule has 6 N–H and O–H groups in total. The maximum absolute atomic E-state index is 5.97. The first-order chi connectivity index (χ1) is 9.16. The van der Waals surface area contributed by atoms with E-state index in [9.17, 15) is 0 Å². The molecule has 0 bridgehead atoms. The number of hydrogen-bond acceptors (Lipinski definition) is 3. The summed E-state index contributed by atoms with van der Waals surface area (Å²) in [6.45, 7) is 0. The highest BCUT2D eigenvalue weighted by atomic mass is 15.3. The van der Waals surface area contributed by atoms with Gasteiger partial charge in [-0.2, -0.15) is 0 Å². The molecular formula is C14H21N5. The zero-order valence-electron chi connectivity index (χ0n) is 11.0. The van der Waals surface area contributed by atoms with E-state index in [1.165, 1.54) is 19.3 Å². The number of nitrogen functional groups attached to an aromatic ring is 1. The number of benzene rings is 1. The summed E-state index contributed by atoms with van der Waals surface area (Å²) in [5.41, 5.74) is 19.0. The maximum Gasteiger partial charge on any atom is 0.153 e. The molecule has 2 rings (SSSR count). The first-order valence-electron chi connectivity index (χ1n) is 6.69. The molecule has 0 atom stereocenters. The molecule has 1 aliphatic carbocycles. The van der Waals surface area contributed by atoms with Crippen LogP contribution in [0.2, 0.25) is 0 Å². The summed E-state index contributed by atoms with van der Waals surface area (Å²) in [6, 6.07) is 7.21. The smallest absolute Gasteiger partial charge is 0.153 e. The number of nitrogens with two attached hydrogens (primary N) is 3. The predicted molar refractivity (Wildman–Crippen MR) is 79.8 cm³/mol. The Kier molecular flexibility index (Phi) is 4.39. The van der Waals surface area contributed by atoms with Crippen molar-refractivity contribution in [3.63, 3.8) is 0 Å². The Hall–Kier alpha value is -2.04. The normalized spacial score (nSPS) is 18.5. The Labute approximate surface area is 113 Å². The molecule has 0 unspecified atom stereocenters. The highest BCUT2D eigenvalue weighted by Gasteiger charge is 2.16. The first kappa shape index (κ1) is 13.4. The monoisotopic (exact) mass is 259 g/mol. The van der Waals surface area contributed by atoms with E-state index in [0.717, 1.165) is 18.4 Å². The molecule has 0 spiro atoms. The van der Waals surface area contributed by atoms with Gasteiger partial charge in [0.05, 0.1) is 0 Å². The van der Waals surface area contributed by atoms with Crippen molar-refractivity contribution in [1.29, 1.82) is 0 Å². The molecule has 102 valence electrons. The Balaban J connectivity index is 2.05. The average molecular weight is 259 g/mol. The molecule has 1 saturated carbocycles. The topological polar surface area (TPSA) is 103 Å². The van der Waals surface area contributed by atoms with Crippen LogP contribution < -0.4 is 17.2 Å². The summed E-state index contributed by atoms with van der Waals surface area (Å²) in [4.78, 5) is 0. The van der Waals surface area contributed by atoms with Crippen molar-refractivity contribution in [2.45, 2.75) is 32.1 Å². The van der Waals surface area contributed by atoms with Crippen LogP contribution in [0.4, 0.5) is 5.69 Å². The van der Waals surface area contributed by atoms with Gasteiger partial charge in [-0.05, 0) is 37.1 Å². The molecular weight excluding hydrogens is 238 g/mol. The summed E-state index contributed by atoms with van der Waals surface area (Å²) in [6.07, 6.45) is 5.94. The zero-order chi connectivity index (χ0) is 13.7. The van der Waals surface area contributed by atoms with Crippen LogP contribution in [0, 0.1) is 5.92 Å². The maximum atomic E-state index is 5.97. The van der Waals surface area contributed by atoms with Crippen molar-refractivity contribution in [2.24, 2.45) is 27.6 Å². The van der Waals surface area contributed by atoms with Gasteiger partial charge in [0, 0.05) is 17.2 Å². The van der Waals surface area contributed by atoms with Crippen LogP contribution in [0.3, 0.4) is 0 Å². The lowest BCUT2D eigenvalue weighted by Gasteiger charge is -2.19. The van der Waals surface area contributed by atoms with E-state index in [1.54, 1.807) is 12.1 Å². The third-order valence-corrected chi connectivity index (χ3v) is 3.50. The molecule has 19 heavy (non-hydrogen) atoms. The fourth-order valence-corrected chi connectivity index (χ4v) is 2.30. The third-order valence-electron chi connectivity index (χ3n) is 3.50. The van der Waals surface area contributed by atoms with Crippen LogP contribution >= 0.6 is 0 Å². The van der Waals surface area contributed by atoms with E-state index in [4.69, 9.17) is 17.2 Å². The van der Waals surface area contributed by atoms with Crippen LogP contribution in [0.5, 0.6) is 0 Å². The molecule has 0 aliphatic heterocycles. The second-order valence-corrected chi connectivity index (χ2v) is 4.97. The third kappa shape index (κ3) is 3.71. The lowest BCUT2D eigenvalue weighted by molar-refractivity contribution is 0.436. The van der Waals surface area contributed by atoms with E-state index >= 15 is 0 Å². The number of hydrogen-bond donors (Lipinski definition) is 3. The molecule has 0 heterocycles. The molecule has 1 aromatic rings. The summed E-state index contributed by atoms with van der Waals surface area (Å²) in [7, 11) is 0. The summed E-state index contributed by atoms with van der Waals surface area (Å²) in [5.74, 6) is 1.31. The Morgan fingerprint density at radius 3 is 2.21 bits per heavy atom. The van der Waals surface area contributed by atoms with Crippen LogP contribution in [-0.2, 0) is 0 Å². The molecule has 5 nitrogen and oxygen atoms in total. The van der Waals surface area contributed by atoms with Crippen molar-refractivity contribution in [3.05, 3.63) is 29.8 Å². The van der Waals surface area contributed by atoms with E-state index < -0.39 is 0 Å². The molecule has 0 radical (unpaired) electrons. The Morgan fingerprint density at radius 1 is 0.947 bits per heavy atom. The van der Waals surface area contributed by atoms with Crippen molar-refractivity contribution in [1.82, 2.24) is 0 Å². The van der Waals surface area contributed by atoms with E-state index in [-0.39, 0.29) is 0 Å². The zero-order valence-corrected chi connectivity index (χ0v) is 11.0. The van der Waals surface area contributed by atoms with Gasteiger partial charge in [0.1, 0.15) is 5.84 Å². The average Bonchev–Trinajstić information content (AvgIpc) is 2.46. The van der Waals surface area contributed by atoms with Gasteiger partial charge in [0.25, 0.3) is 0 Å². The quantitative estimate of drug-likeness (QED) is 0.334. The van der Waals surface area contributed by atoms with Gasteiger partial charge in [0.15, 0.2) is 5.84 Å². The van der Waals surface area contributed by atoms with Gasteiger partial charge in [-0.15, -0.1) is 10.2 Å². The van der Waals surface area contributed by atoms with Gasteiger partial charge in [-0.3, -0.25) is 0 Å². The second-order valence-electron chi connectivity index (χ2n) is 4.97.